The van der Waals surface area contributed by atoms with Crippen LogP contribution in [0.25, 0.3) is 10.9 Å². The lowest BCUT2D eigenvalue weighted by Gasteiger charge is -2.20. The highest BCUT2D eigenvalue weighted by atomic mass is 32.1. The molecule has 6 nitrogen and oxygen atoms in total. The highest BCUT2D eigenvalue weighted by Crippen LogP contribution is 2.35. The molecule has 0 aliphatic rings. The number of aryl methyl sites for hydroxylation is 1. The molecule has 0 atom stereocenters. The van der Waals surface area contributed by atoms with Crippen LogP contribution < -0.4 is 10.1 Å². The van der Waals surface area contributed by atoms with Crippen molar-refractivity contribution in [1.29, 1.82) is 0 Å². The fourth-order valence-corrected chi connectivity index (χ4v) is 3.22. The molecule has 3 aromatic rings. The summed E-state index contributed by atoms with van der Waals surface area (Å²) in [5.41, 5.74) is 1.55. The first-order valence-electron chi connectivity index (χ1n) is 9.60. The number of carbonyl (C=O) groups excluding carboxylic acids is 2. The zero-order valence-electron chi connectivity index (χ0n) is 17.4. The molecule has 3 rings (SSSR count). The first-order valence-corrected chi connectivity index (χ1v) is 10.0. The summed E-state index contributed by atoms with van der Waals surface area (Å²) in [7, 11) is 0. The van der Waals surface area contributed by atoms with Crippen molar-refractivity contribution in [1.82, 2.24) is 4.98 Å². The summed E-state index contributed by atoms with van der Waals surface area (Å²) in [6.07, 6.45) is 1.37. The molecular formula is C23H24N2O4S. The van der Waals surface area contributed by atoms with E-state index in [1.807, 2.05) is 19.1 Å². The summed E-state index contributed by atoms with van der Waals surface area (Å²) in [4.78, 5) is 30.1. The summed E-state index contributed by atoms with van der Waals surface area (Å²) in [5.74, 6) is 0.0450. The number of nitrogens with one attached hydrogen (secondary N) is 1. The molecule has 0 aliphatic heterocycles. The maximum atomic E-state index is 12.8. The molecule has 0 aliphatic carbocycles. The third kappa shape index (κ3) is 4.91. The van der Waals surface area contributed by atoms with Crippen molar-refractivity contribution in [2.45, 2.75) is 44.6 Å². The lowest BCUT2D eigenvalue weighted by atomic mass is 10.0. The summed E-state index contributed by atoms with van der Waals surface area (Å²) < 4.78 is 10.8. The number of pyridine rings is 1. The van der Waals surface area contributed by atoms with Gasteiger partial charge in [0.25, 0.3) is 5.91 Å². The van der Waals surface area contributed by atoms with E-state index in [1.54, 1.807) is 57.3 Å². The molecule has 1 amide bonds. The first kappa shape index (κ1) is 21.6. The number of amides is 1. The first-order chi connectivity index (χ1) is 14.2. The number of fused-ring (bicyclic) bond motifs is 1. The Morgan fingerprint density at radius 3 is 2.53 bits per heavy atom. The molecule has 0 saturated heterocycles. The molecule has 0 unspecified atom stereocenters. The maximum absolute atomic E-state index is 12.8. The van der Waals surface area contributed by atoms with Gasteiger partial charge < -0.3 is 14.8 Å². The number of carbonyl (C=O) groups is 2. The Morgan fingerprint density at radius 1 is 1.13 bits per heavy atom. The van der Waals surface area contributed by atoms with Crippen LogP contribution in [0.5, 0.6) is 5.75 Å². The average Bonchev–Trinajstić information content (AvgIpc) is 2.68. The lowest BCUT2D eigenvalue weighted by Crippen LogP contribution is -2.26. The van der Waals surface area contributed by atoms with Crippen molar-refractivity contribution in [3.8, 4) is 5.75 Å². The number of thiol groups is 1. The number of aromatic nitrogens is 1. The van der Waals surface area contributed by atoms with E-state index in [4.69, 9.17) is 9.47 Å². The van der Waals surface area contributed by atoms with Gasteiger partial charge in [-0.3, -0.25) is 9.78 Å². The molecule has 1 heterocycles. The van der Waals surface area contributed by atoms with Gasteiger partial charge in [0.05, 0.1) is 11.3 Å². The zero-order valence-corrected chi connectivity index (χ0v) is 18.2. The minimum absolute atomic E-state index is 0.284. The molecule has 30 heavy (non-hydrogen) atoms. The fourth-order valence-electron chi connectivity index (χ4n) is 2.96. The van der Waals surface area contributed by atoms with Crippen LogP contribution in [0.3, 0.4) is 0 Å². The lowest BCUT2D eigenvalue weighted by molar-refractivity contribution is 0.0207. The highest BCUT2D eigenvalue weighted by Gasteiger charge is 2.22. The Morgan fingerprint density at radius 2 is 1.87 bits per heavy atom. The number of hydrogen-bond acceptors (Lipinski definition) is 6. The Labute approximate surface area is 181 Å². The topological polar surface area (TPSA) is 77.5 Å². The van der Waals surface area contributed by atoms with E-state index in [1.165, 1.54) is 0 Å². The number of nitrogens with zero attached hydrogens (tertiary/aromatic N) is 1. The van der Waals surface area contributed by atoms with Crippen LogP contribution >= 0.6 is 12.6 Å². The minimum atomic E-state index is -0.801. The van der Waals surface area contributed by atoms with E-state index >= 15 is 0 Å². The molecule has 0 spiro atoms. The molecular weight excluding hydrogens is 400 g/mol. The van der Waals surface area contributed by atoms with E-state index < -0.39 is 11.8 Å². The van der Waals surface area contributed by atoms with Gasteiger partial charge in [-0.2, -0.15) is 0 Å². The van der Waals surface area contributed by atoms with Crippen LogP contribution in [-0.4, -0.2) is 22.6 Å². The van der Waals surface area contributed by atoms with Gasteiger partial charge in [-0.1, -0.05) is 19.1 Å². The van der Waals surface area contributed by atoms with Crippen molar-refractivity contribution < 1.29 is 19.1 Å². The van der Waals surface area contributed by atoms with Crippen molar-refractivity contribution in [2.75, 3.05) is 5.32 Å². The van der Waals surface area contributed by atoms with Gasteiger partial charge in [0.2, 0.25) is 0 Å². The smallest absolute Gasteiger partial charge is 0.428 e. The number of ether oxygens (including phenoxy) is 2. The summed E-state index contributed by atoms with van der Waals surface area (Å²) >= 11 is 4.36. The van der Waals surface area contributed by atoms with Gasteiger partial charge in [-0.05, 0) is 63.1 Å². The second kappa shape index (κ2) is 8.75. The molecule has 2 aromatic carbocycles. The molecule has 1 N–H and O–H groups in total. The summed E-state index contributed by atoms with van der Waals surface area (Å²) in [6, 6.07) is 12.4. The second-order valence-electron chi connectivity index (χ2n) is 7.70. The summed E-state index contributed by atoms with van der Waals surface area (Å²) in [6.45, 7) is 7.23. The van der Waals surface area contributed by atoms with Crippen LogP contribution in [0, 0.1) is 0 Å². The van der Waals surface area contributed by atoms with Crippen LogP contribution in [0.4, 0.5) is 10.5 Å². The Hall–Kier alpha value is -3.06. The Kier molecular flexibility index (Phi) is 6.31. The number of benzene rings is 2. The van der Waals surface area contributed by atoms with Gasteiger partial charge in [0.15, 0.2) is 5.75 Å². The van der Waals surface area contributed by atoms with Gasteiger partial charge in [-0.15, -0.1) is 12.6 Å². The van der Waals surface area contributed by atoms with Crippen molar-refractivity contribution >= 4 is 41.3 Å². The van der Waals surface area contributed by atoms with Crippen molar-refractivity contribution in [3.63, 3.8) is 0 Å². The molecule has 0 saturated carbocycles. The molecule has 156 valence electrons. The largest absolute Gasteiger partial charge is 0.514 e. The fraction of sp³-hybridized carbons (Fsp3) is 0.261. The highest BCUT2D eigenvalue weighted by molar-refractivity contribution is 7.80. The molecule has 0 bridgehead atoms. The monoisotopic (exact) mass is 424 g/mol. The van der Waals surface area contributed by atoms with Gasteiger partial charge in [0.1, 0.15) is 11.1 Å². The molecule has 0 radical (unpaired) electrons. The molecule has 0 fully saturated rings. The van der Waals surface area contributed by atoms with Crippen LogP contribution in [0.15, 0.2) is 53.6 Å². The molecule has 7 heteroatoms. The maximum Gasteiger partial charge on any atom is 0.514 e. The van der Waals surface area contributed by atoms with Gasteiger partial charge >= 0.3 is 6.16 Å². The van der Waals surface area contributed by atoms with Crippen molar-refractivity contribution in [2.24, 2.45) is 0 Å². The van der Waals surface area contributed by atoms with Crippen LogP contribution in [0.1, 0.15) is 43.6 Å². The quantitative estimate of drug-likeness (QED) is 0.321. The molecule has 1 aromatic heterocycles. The summed E-state index contributed by atoms with van der Waals surface area (Å²) in [5, 5.41) is 3.59. The van der Waals surface area contributed by atoms with E-state index in [0.717, 1.165) is 5.56 Å². The third-order valence-corrected chi connectivity index (χ3v) is 4.67. The van der Waals surface area contributed by atoms with E-state index in [0.29, 0.717) is 39.2 Å². The second-order valence-corrected chi connectivity index (χ2v) is 8.19. The van der Waals surface area contributed by atoms with Gasteiger partial charge in [-0.25, -0.2) is 4.79 Å². The predicted octanol–water partition coefficient (Wildman–Crippen LogP) is 5.65. The minimum Gasteiger partial charge on any atom is -0.428 e. The van der Waals surface area contributed by atoms with Gasteiger partial charge in [0, 0.05) is 16.5 Å². The third-order valence-electron chi connectivity index (χ3n) is 4.28. The SMILES string of the molecule is CCc1cc(NC(=O)c2ccccc2S)c2cccnc2c1OC(=O)OC(C)(C)C. The zero-order chi connectivity index (χ0) is 21.9. The Bertz CT molecular complexity index is 1110. The normalized spacial score (nSPS) is 11.2. The number of hydrogen-bond donors (Lipinski definition) is 2. The predicted molar refractivity (Wildman–Crippen MR) is 120 cm³/mol. The van der Waals surface area contributed by atoms with Crippen molar-refractivity contribution in [3.05, 3.63) is 59.8 Å². The van der Waals surface area contributed by atoms with E-state index in [9.17, 15) is 9.59 Å². The van der Waals surface area contributed by atoms with Crippen LogP contribution in [-0.2, 0) is 11.2 Å². The number of anilines is 1. The number of rotatable bonds is 4. The van der Waals surface area contributed by atoms with Crippen LogP contribution in [0.2, 0.25) is 0 Å². The Balaban J connectivity index is 2.03. The standard InChI is InChI=1S/C23H24N2O4S/c1-5-14-13-17(25-21(26)16-9-6-7-11-18(16)30)15-10-8-12-24-19(15)20(14)28-22(27)29-23(2,3)4/h6-13,30H,5H2,1-4H3,(H,25,26). The van der Waals surface area contributed by atoms with E-state index in [2.05, 4.69) is 22.9 Å². The van der Waals surface area contributed by atoms with E-state index in [-0.39, 0.29) is 5.91 Å². The average molecular weight is 425 g/mol.